The summed E-state index contributed by atoms with van der Waals surface area (Å²) < 4.78 is 16.4. The second kappa shape index (κ2) is 9.83. The van der Waals surface area contributed by atoms with E-state index in [1.165, 1.54) is 6.92 Å². The quantitative estimate of drug-likeness (QED) is 0.503. The molecule has 2 rings (SSSR count). The molecule has 0 heterocycles. The Morgan fingerprint density at radius 2 is 1.89 bits per heavy atom. The fourth-order valence-corrected chi connectivity index (χ4v) is 2.40. The van der Waals surface area contributed by atoms with E-state index in [1.807, 2.05) is 13.0 Å². The zero-order chi connectivity index (χ0) is 20.5. The highest BCUT2D eigenvalue weighted by atomic mass is 16.6. The van der Waals surface area contributed by atoms with Gasteiger partial charge in [0.25, 0.3) is 5.91 Å². The average Bonchev–Trinajstić information content (AvgIpc) is 2.67. The molecule has 0 aliphatic rings. The van der Waals surface area contributed by atoms with E-state index in [4.69, 9.17) is 25.2 Å². The van der Waals surface area contributed by atoms with Gasteiger partial charge in [-0.15, -0.1) is 0 Å². The summed E-state index contributed by atoms with van der Waals surface area (Å²) in [6, 6.07) is 13.6. The summed E-state index contributed by atoms with van der Waals surface area (Å²) in [6.45, 7) is 3.24. The third-order valence-electron chi connectivity index (χ3n) is 3.54. The van der Waals surface area contributed by atoms with Crippen LogP contribution in [0.25, 0.3) is 0 Å². The van der Waals surface area contributed by atoms with E-state index >= 15 is 0 Å². The van der Waals surface area contributed by atoms with Gasteiger partial charge in [0.1, 0.15) is 11.5 Å². The first-order chi connectivity index (χ1) is 13.4. The smallest absolute Gasteiger partial charge is 0.304 e. The second-order valence-corrected chi connectivity index (χ2v) is 5.71. The Morgan fingerprint density at radius 3 is 2.46 bits per heavy atom. The van der Waals surface area contributed by atoms with Crippen LogP contribution in [0.1, 0.15) is 31.2 Å². The Morgan fingerprint density at radius 1 is 1.18 bits per heavy atom. The summed E-state index contributed by atoms with van der Waals surface area (Å²) >= 11 is 0. The van der Waals surface area contributed by atoms with Gasteiger partial charge in [-0.1, -0.05) is 0 Å². The third kappa shape index (κ3) is 5.92. The fraction of sp³-hybridized carbons (Fsp3) is 0.250. The standard InChI is InChI=1S/C20H21N3O5/c1-3-26-16-8-9-18(27-12-19(22)25)17(10-16)20(28-13(2)24)23-15-6-4-14(11-21)5-7-15/h4-10,20,23H,3,12H2,1-2H3,(H2,22,25). The van der Waals surface area contributed by atoms with Crippen LogP contribution in [-0.2, 0) is 14.3 Å². The third-order valence-corrected chi connectivity index (χ3v) is 3.54. The molecule has 0 aliphatic carbocycles. The van der Waals surface area contributed by atoms with Crippen LogP contribution in [0, 0.1) is 11.3 Å². The molecule has 3 N–H and O–H groups in total. The van der Waals surface area contributed by atoms with Crippen LogP contribution < -0.4 is 20.5 Å². The first-order valence-electron chi connectivity index (χ1n) is 8.54. The molecule has 0 saturated carbocycles. The lowest BCUT2D eigenvalue weighted by molar-refractivity contribution is -0.145. The van der Waals surface area contributed by atoms with Crippen LogP contribution in [0.4, 0.5) is 5.69 Å². The lowest BCUT2D eigenvalue weighted by Crippen LogP contribution is -2.22. The minimum atomic E-state index is -0.922. The molecule has 0 spiro atoms. The highest BCUT2D eigenvalue weighted by Crippen LogP contribution is 2.33. The molecular formula is C20H21N3O5. The number of nitriles is 1. The number of benzene rings is 2. The van der Waals surface area contributed by atoms with Crippen LogP contribution in [0.3, 0.4) is 0 Å². The number of nitrogens with two attached hydrogens (primary N) is 1. The number of carbonyl (C=O) groups is 2. The molecule has 2 aromatic rings. The summed E-state index contributed by atoms with van der Waals surface area (Å²) in [7, 11) is 0. The Balaban J connectivity index is 2.40. The SMILES string of the molecule is CCOc1ccc(OCC(N)=O)c(C(Nc2ccc(C#N)cc2)OC(C)=O)c1. The molecule has 0 aliphatic heterocycles. The van der Waals surface area contributed by atoms with E-state index in [-0.39, 0.29) is 6.61 Å². The Bertz CT molecular complexity index is 874. The predicted molar refractivity (Wildman–Crippen MR) is 102 cm³/mol. The van der Waals surface area contributed by atoms with Gasteiger partial charge in [-0.2, -0.15) is 5.26 Å². The average molecular weight is 383 g/mol. The number of esters is 1. The number of nitrogens with one attached hydrogen (secondary N) is 1. The Kier molecular flexibility index (Phi) is 7.22. The number of anilines is 1. The lowest BCUT2D eigenvalue weighted by Gasteiger charge is -2.23. The van der Waals surface area contributed by atoms with Gasteiger partial charge in [-0.05, 0) is 49.4 Å². The van der Waals surface area contributed by atoms with Gasteiger partial charge in [0.15, 0.2) is 6.61 Å². The highest BCUT2D eigenvalue weighted by molar-refractivity contribution is 5.75. The van der Waals surface area contributed by atoms with Crippen molar-refractivity contribution in [3.63, 3.8) is 0 Å². The monoisotopic (exact) mass is 383 g/mol. The first-order valence-corrected chi connectivity index (χ1v) is 8.54. The molecule has 0 radical (unpaired) electrons. The highest BCUT2D eigenvalue weighted by Gasteiger charge is 2.21. The molecular weight excluding hydrogens is 362 g/mol. The van der Waals surface area contributed by atoms with E-state index in [2.05, 4.69) is 5.32 Å². The van der Waals surface area contributed by atoms with Crippen molar-refractivity contribution >= 4 is 17.6 Å². The van der Waals surface area contributed by atoms with Gasteiger partial charge in [0.05, 0.1) is 23.8 Å². The van der Waals surface area contributed by atoms with Gasteiger partial charge in [-0.25, -0.2) is 0 Å². The van der Waals surface area contributed by atoms with E-state index in [9.17, 15) is 9.59 Å². The number of ether oxygens (including phenoxy) is 3. The zero-order valence-corrected chi connectivity index (χ0v) is 15.6. The fourth-order valence-electron chi connectivity index (χ4n) is 2.40. The minimum absolute atomic E-state index is 0.314. The summed E-state index contributed by atoms with van der Waals surface area (Å²) in [4.78, 5) is 22.8. The van der Waals surface area contributed by atoms with Gasteiger partial charge in [-0.3, -0.25) is 9.59 Å². The van der Waals surface area contributed by atoms with Crippen molar-refractivity contribution in [1.82, 2.24) is 0 Å². The molecule has 1 unspecified atom stereocenters. The maximum Gasteiger partial charge on any atom is 0.304 e. The van der Waals surface area contributed by atoms with Crippen molar-refractivity contribution < 1.29 is 23.8 Å². The van der Waals surface area contributed by atoms with Crippen molar-refractivity contribution in [1.29, 1.82) is 5.26 Å². The summed E-state index contributed by atoms with van der Waals surface area (Å²) in [5.41, 5.74) is 6.73. The van der Waals surface area contributed by atoms with Crippen molar-refractivity contribution in [3.8, 4) is 17.6 Å². The van der Waals surface area contributed by atoms with Crippen LogP contribution in [0.5, 0.6) is 11.5 Å². The molecule has 8 heteroatoms. The molecule has 8 nitrogen and oxygen atoms in total. The molecule has 0 bridgehead atoms. The summed E-state index contributed by atoms with van der Waals surface area (Å²) in [5.74, 6) is -0.296. The van der Waals surface area contributed by atoms with Crippen LogP contribution in [0.2, 0.25) is 0 Å². The normalized spacial score (nSPS) is 11.0. The molecule has 28 heavy (non-hydrogen) atoms. The first kappa shape index (κ1) is 20.6. The number of nitrogens with zero attached hydrogens (tertiary/aromatic N) is 1. The maximum atomic E-state index is 11.7. The number of hydrogen-bond donors (Lipinski definition) is 2. The second-order valence-electron chi connectivity index (χ2n) is 5.71. The summed E-state index contributed by atoms with van der Waals surface area (Å²) in [6.07, 6.45) is -0.922. The lowest BCUT2D eigenvalue weighted by atomic mass is 10.1. The van der Waals surface area contributed by atoms with Gasteiger partial charge in [0.2, 0.25) is 6.23 Å². The maximum absolute atomic E-state index is 11.7. The van der Waals surface area contributed by atoms with Crippen molar-refractivity contribution in [3.05, 3.63) is 53.6 Å². The molecule has 2 aromatic carbocycles. The number of amides is 1. The molecule has 0 aromatic heterocycles. The number of rotatable bonds is 9. The van der Waals surface area contributed by atoms with Crippen molar-refractivity contribution in [2.45, 2.75) is 20.1 Å². The number of hydrogen-bond acceptors (Lipinski definition) is 7. The minimum Gasteiger partial charge on any atom is -0.494 e. The van der Waals surface area contributed by atoms with Crippen molar-refractivity contribution in [2.75, 3.05) is 18.5 Å². The largest absolute Gasteiger partial charge is 0.494 e. The van der Waals surface area contributed by atoms with Crippen LogP contribution >= 0.6 is 0 Å². The zero-order valence-electron chi connectivity index (χ0n) is 15.6. The molecule has 1 atom stereocenters. The Hall–Kier alpha value is -3.73. The van der Waals surface area contributed by atoms with E-state index in [1.54, 1.807) is 42.5 Å². The summed E-state index contributed by atoms with van der Waals surface area (Å²) in [5, 5.41) is 12.0. The van der Waals surface area contributed by atoms with Crippen molar-refractivity contribution in [2.24, 2.45) is 5.73 Å². The van der Waals surface area contributed by atoms with E-state index in [0.29, 0.717) is 34.9 Å². The molecule has 0 saturated heterocycles. The van der Waals surface area contributed by atoms with E-state index in [0.717, 1.165) is 0 Å². The Labute approximate surface area is 162 Å². The van der Waals surface area contributed by atoms with Gasteiger partial charge >= 0.3 is 5.97 Å². The number of carbonyl (C=O) groups excluding carboxylic acids is 2. The molecule has 1 amide bonds. The topological polar surface area (TPSA) is 124 Å². The van der Waals surface area contributed by atoms with Gasteiger partial charge in [0, 0.05) is 12.6 Å². The predicted octanol–water partition coefficient (Wildman–Crippen LogP) is 2.49. The van der Waals surface area contributed by atoms with Crippen LogP contribution in [-0.4, -0.2) is 25.1 Å². The van der Waals surface area contributed by atoms with E-state index < -0.39 is 18.1 Å². The molecule has 0 fully saturated rings. The van der Waals surface area contributed by atoms with Crippen LogP contribution in [0.15, 0.2) is 42.5 Å². The van der Waals surface area contributed by atoms with Gasteiger partial charge < -0.3 is 25.3 Å². The number of primary amides is 1. The molecule has 146 valence electrons.